The summed E-state index contributed by atoms with van der Waals surface area (Å²) in [6.45, 7) is 4.73. The average Bonchev–Trinajstić information content (AvgIpc) is 2.75. The average molecular weight is 232 g/mol. The largest absolute Gasteiger partial charge is 0.497 e. The van der Waals surface area contributed by atoms with Crippen molar-refractivity contribution in [2.24, 2.45) is 5.16 Å². The van der Waals surface area contributed by atoms with Crippen molar-refractivity contribution in [2.45, 2.75) is 20.4 Å². The van der Waals surface area contributed by atoms with Gasteiger partial charge in [-0.25, -0.2) is 0 Å². The van der Waals surface area contributed by atoms with Crippen LogP contribution in [0.25, 0.3) is 10.9 Å². The van der Waals surface area contributed by atoms with Crippen LogP contribution in [-0.4, -0.2) is 22.6 Å². The maximum Gasteiger partial charge on any atom is 0.120 e. The highest BCUT2D eigenvalue weighted by atomic mass is 16.5. The lowest BCUT2D eigenvalue weighted by atomic mass is 10.1. The molecule has 2 aromatic rings. The lowest BCUT2D eigenvalue weighted by Crippen LogP contribution is -1.93. The predicted molar refractivity (Wildman–Crippen MR) is 68.2 cm³/mol. The summed E-state index contributed by atoms with van der Waals surface area (Å²) in [5.41, 5.74) is 2.66. The number of aryl methyl sites for hydroxylation is 1. The first-order chi connectivity index (χ1) is 8.21. The van der Waals surface area contributed by atoms with Crippen LogP contribution >= 0.6 is 0 Å². The van der Waals surface area contributed by atoms with Crippen LogP contribution in [-0.2, 0) is 6.54 Å². The van der Waals surface area contributed by atoms with Gasteiger partial charge >= 0.3 is 0 Å². The molecule has 17 heavy (non-hydrogen) atoms. The van der Waals surface area contributed by atoms with Gasteiger partial charge in [-0.05, 0) is 26.0 Å². The summed E-state index contributed by atoms with van der Waals surface area (Å²) < 4.78 is 7.34. The number of benzene rings is 1. The number of rotatable bonds is 3. The van der Waals surface area contributed by atoms with Crippen LogP contribution in [0.15, 0.2) is 29.6 Å². The summed E-state index contributed by atoms with van der Waals surface area (Å²) in [4.78, 5) is 0. The van der Waals surface area contributed by atoms with Gasteiger partial charge in [-0.2, -0.15) is 0 Å². The summed E-state index contributed by atoms with van der Waals surface area (Å²) in [7, 11) is 1.65. The summed E-state index contributed by atoms with van der Waals surface area (Å²) in [5.74, 6) is 0.829. The molecule has 4 nitrogen and oxygen atoms in total. The van der Waals surface area contributed by atoms with Gasteiger partial charge < -0.3 is 14.5 Å². The van der Waals surface area contributed by atoms with E-state index >= 15 is 0 Å². The van der Waals surface area contributed by atoms with E-state index in [0.717, 1.165) is 28.8 Å². The second-order valence-corrected chi connectivity index (χ2v) is 3.90. The lowest BCUT2D eigenvalue weighted by molar-refractivity contribution is 0.319. The van der Waals surface area contributed by atoms with Gasteiger partial charge in [0.2, 0.25) is 0 Å². The van der Waals surface area contributed by atoms with Gasteiger partial charge in [0.25, 0.3) is 0 Å². The first-order valence-corrected chi connectivity index (χ1v) is 5.57. The van der Waals surface area contributed by atoms with Gasteiger partial charge in [0.15, 0.2) is 0 Å². The van der Waals surface area contributed by atoms with E-state index in [1.807, 2.05) is 24.4 Å². The van der Waals surface area contributed by atoms with E-state index < -0.39 is 0 Å². The van der Waals surface area contributed by atoms with Crippen LogP contribution in [0.2, 0.25) is 0 Å². The highest BCUT2D eigenvalue weighted by Crippen LogP contribution is 2.26. The van der Waals surface area contributed by atoms with E-state index in [0.29, 0.717) is 5.71 Å². The Balaban J connectivity index is 2.72. The quantitative estimate of drug-likeness (QED) is 0.502. The first-order valence-electron chi connectivity index (χ1n) is 5.57. The minimum atomic E-state index is 0.618. The minimum Gasteiger partial charge on any atom is -0.497 e. The number of hydrogen-bond acceptors (Lipinski definition) is 3. The number of nitrogens with zero attached hydrogens (tertiary/aromatic N) is 2. The zero-order valence-electron chi connectivity index (χ0n) is 10.3. The third kappa shape index (κ3) is 1.86. The first kappa shape index (κ1) is 11.5. The standard InChI is InChI=1S/C13H16N2O2/c1-4-15-8-12(9(2)14-16)11-6-5-10(17-3)7-13(11)15/h5-8,16H,4H2,1-3H3. The van der Waals surface area contributed by atoms with E-state index in [4.69, 9.17) is 9.94 Å². The normalized spacial score (nSPS) is 12.1. The van der Waals surface area contributed by atoms with Crippen LogP contribution in [0.1, 0.15) is 19.4 Å². The molecule has 0 unspecified atom stereocenters. The number of methoxy groups -OCH3 is 1. The van der Waals surface area contributed by atoms with Gasteiger partial charge in [-0.1, -0.05) is 5.16 Å². The van der Waals surface area contributed by atoms with Gasteiger partial charge in [0.05, 0.1) is 18.3 Å². The summed E-state index contributed by atoms with van der Waals surface area (Å²) in [6.07, 6.45) is 2.00. The van der Waals surface area contributed by atoms with E-state index in [9.17, 15) is 0 Å². The van der Waals surface area contributed by atoms with E-state index in [2.05, 4.69) is 16.6 Å². The highest BCUT2D eigenvalue weighted by molar-refractivity contribution is 6.09. The third-order valence-electron chi connectivity index (χ3n) is 2.97. The predicted octanol–water partition coefficient (Wildman–Crippen LogP) is 2.87. The molecular weight excluding hydrogens is 216 g/mol. The third-order valence-corrected chi connectivity index (χ3v) is 2.97. The Morgan fingerprint density at radius 2 is 2.24 bits per heavy atom. The van der Waals surface area contributed by atoms with Crippen molar-refractivity contribution in [3.63, 3.8) is 0 Å². The van der Waals surface area contributed by atoms with Crippen molar-refractivity contribution in [3.8, 4) is 5.75 Å². The fraction of sp³-hybridized carbons (Fsp3) is 0.308. The Bertz CT molecular complexity index is 570. The number of aromatic nitrogens is 1. The molecule has 0 radical (unpaired) electrons. The van der Waals surface area contributed by atoms with Crippen molar-refractivity contribution in [3.05, 3.63) is 30.0 Å². The maximum atomic E-state index is 8.88. The Morgan fingerprint density at radius 3 is 2.82 bits per heavy atom. The molecule has 0 saturated carbocycles. The van der Waals surface area contributed by atoms with Crippen molar-refractivity contribution in [1.82, 2.24) is 4.57 Å². The molecule has 0 aliphatic carbocycles. The molecule has 4 heteroatoms. The number of fused-ring (bicyclic) bond motifs is 1. The number of oxime groups is 1. The van der Waals surface area contributed by atoms with Crippen LogP contribution in [0, 0.1) is 0 Å². The molecule has 0 spiro atoms. The van der Waals surface area contributed by atoms with Crippen molar-refractivity contribution in [2.75, 3.05) is 7.11 Å². The van der Waals surface area contributed by atoms with Gasteiger partial charge in [0, 0.05) is 29.8 Å². The van der Waals surface area contributed by atoms with Crippen LogP contribution < -0.4 is 4.74 Å². The van der Waals surface area contributed by atoms with E-state index in [1.165, 1.54) is 0 Å². The zero-order chi connectivity index (χ0) is 12.4. The lowest BCUT2D eigenvalue weighted by Gasteiger charge is -2.03. The second-order valence-electron chi connectivity index (χ2n) is 3.90. The van der Waals surface area contributed by atoms with Gasteiger partial charge in [0.1, 0.15) is 5.75 Å². The molecule has 0 saturated heterocycles. The van der Waals surface area contributed by atoms with E-state index in [1.54, 1.807) is 14.0 Å². The molecule has 0 bridgehead atoms. The molecular formula is C13H16N2O2. The zero-order valence-corrected chi connectivity index (χ0v) is 10.3. The van der Waals surface area contributed by atoms with Crippen LogP contribution in [0.4, 0.5) is 0 Å². The molecule has 0 aliphatic rings. The van der Waals surface area contributed by atoms with Crippen molar-refractivity contribution in [1.29, 1.82) is 0 Å². The Labute approximate surface area is 100 Å². The Morgan fingerprint density at radius 1 is 1.47 bits per heavy atom. The molecule has 0 amide bonds. The maximum absolute atomic E-state index is 8.88. The highest BCUT2D eigenvalue weighted by Gasteiger charge is 2.11. The molecule has 1 aromatic carbocycles. The fourth-order valence-electron chi connectivity index (χ4n) is 2.00. The monoisotopic (exact) mass is 232 g/mol. The molecule has 0 atom stereocenters. The Hall–Kier alpha value is -1.97. The fourth-order valence-corrected chi connectivity index (χ4v) is 2.00. The number of hydrogen-bond donors (Lipinski definition) is 1. The molecule has 2 rings (SSSR count). The molecule has 1 N–H and O–H groups in total. The molecule has 90 valence electrons. The topological polar surface area (TPSA) is 46.8 Å². The van der Waals surface area contributed by atoms with E-state index in [-0.39, 0.29) is 0 Å². The SMILES string of the molecule is CCn1cc(C(C)=NO)c2ccc(OC)cc21. The van der Waals surface area contributed by atoms with Crippen LogP contribution in [0.3, 0.4) is 0 Å². The summed E-state index contributed by atoms with van der Waals surface area (Å²) in [6, 6.07) is 5.90. The molecule has 0 fully saturated rings. The van der Waals surface area contributed by atoms with Gasteiger partial charge in [-0.3, -0.25) is 0 Å². The summed E-state index contributed by atoms with van der Waals surface area (Å²) >= 11 is 0. The van der Waals surface area contributed by atoms with Crippen LogP contribution in [0.5, 0.6) is 5.75 Å². The Kier molecular flexibility index (Phi) is 3.04. The van der Waals surface area contributed by atoms with Crippen molar-refractivity contribution >= 4 is 16.6 Å². The smallest absolute Gasteiger partial charge is 0.120 e. The molecule has 1 aromatic heterocycles. The molecule has 1 heterocycles. The molecule has 0 aliphatic heterocycles. The second kappa shape index (κ2) is 4.49. The minimum absolute atomic E-state index is 0.618. The van der Waals surface area contributed by atoms with Gasteiger partial charge in [-0.15, -0.1) is 0 Å². The van der Waals surface area contributed by atoms with Crippen molar-refractivity contribution < 1.29 is 9.94 Å². The number of ether oxygens (including phenoxy) is 1. The summed E-state index contributed by atoms with van der Waals surface area (Å²) in [5, 5.41) is 13.2.